The van der Waals surface area contributed by atoms with Crippen molar-refractivity contribution in [3.05, 3.63) is 59.4 Å². The lowest BCUT2D eigenvalue weighted by Crippen LogP contribution is -2.24. The van der Waals surface area contributed by atoms with Crippen molar-refractivity contribution in [3.63, 3.8) is 0 Å². The van der Waals surface area contributed by atoms with Gasteiger partial charge in [-0.15, -0.1) is 24.0 Å². The van der Waals surface area contributed by atoms with E-state index in [-0.39, 0.29) is 24.0 Å². The fourth-order valence-corrected chi connectivity index (χ4v) is 3.30. The van der Waals surface area contributed by atoms with Crippen LogP contribution in [-0.2, 0) is 19.4 Å². The molecule has 1 aromatic carbocycles. The summed E-state index contributed by atoms with van der Waals surface area (Å²) in [5.41, 5.74) is 11.8. The lowest BCUT2D eigenvalue weighted by Gasteiger charge is -2.19. The van der Waals surface area contributed by atoms with E-state index >= 15 is 0 Å². The highest BCUT2D eigenvalue weighted by Crippen LogP contribution is 2.27. The summed E-state index contributed by atoms with van der Waals surface area (Å²) in [6.45, 7) is 0.461. The first-order valence-corrected chi connectivity index (χ1v) is 8.40. The molecule has 0 aliphatic heterocycles. The maximum Gasteiger partial charge on any atom is 0.193 e. The van der Waals surface area contributed by atoms with Gasteiger partial charge in [-0.2, -0.15) is 0 Å². The minimum atomic E-state index is 0. The molecule has 4 N–H and O–H groups in total. The monoisotopic (exact) mass is 447 g/mol. The van der Waals surface area contributed by atoms with Crippen LogP contribution in [0, 0.1) is 0 Å². The maximum atomic E-state index is 6.08. The van der Waals surface area contributed by atoms with Gasteiger partial charge in [0.05, 0.1) is 12.2 Å². The average molecular weight is 447 g/mol. The second-order valence-corrected chi connectivity index (χ2v) is 6.19. The molecule has 0 saturated heterocycles. The molecule has 1 aliphatic rings. The highest BCUT2D eigenvalue weighted by Gasteiger charge is 2.13. The minimum Gasteiger partial charge on any atom is -0.370 e. The van der Waals surface area contributed by atoms with Gasteiger partial charge in [-0.1, -0.05) is 12.1 Å². The number of halogens is 1. The largest absolute Gasteiger partial charge is 0.370 e. The number of hydrogen-bond donors (Lipinski definition) is 3. The predicted octanol–water partition coefficient (Wildman–Crippen LogP) is 3.99. The van der Waals surface area contributed by atoms with Crippen LogP contribution in [0.4, 0.5) is 5.69 Å². The third-order valence-electron chi connectivity index (χ3n) is 4.54. The van der Waals surface area contributed by atoms with Gasteiger partial charge in [-0.05, 0) is 61.1 Å². The first-order valence-electron chi connectivity index (χ1n) is 8.40. The number of aryl methyl sites for hydroxylation is 1. The molecule has 25 heavy (non-hydrogen) atoms. The van der Waals surface area contributed by atoms with E-state index in [1.807, 2.05) is 24.4 Å². The number of pyridine rings is 1. The van der Waals surface area contributed by atoms with E-state index in [4.69, 9.17) is 5.73 Å². The molecular weight excluding hydrogens is 425 g/mol. The summed E-state index contributed by atoms with van der Waals surface area (Å²) in [6, 6.07) is 12.4. The Kier molecular flexibility index (Phi) is 5.57. The van der Waals surface area contributed by atoms with Crippen LogP contribution >= 0.6 is 24.0 Å². The number of hydrogen-bond acceptors (Lipinski definition) is 2. The molecule has 2 aromatic heterocycles. The lowest BCUT2D eigenvalue weighted by atomic mass is 9.90. The number of benzene rings is 1. The van der Waals surface area contributed by atoms with Crippen LogP contribution in [0.15, 0.2) is 47.6 Å². The predicted molar refractivity (Wildman–Crippen MR) is 114 cm³/mol. The average Bonchev–Trinajstić information content (AvgIpc) is 3.08. The molecule has 0 unspecified atom stereocenters. The Hall–Kier alpha value is -2.09. The second kappa shape index (κ2) is 7.86. The molecule has 0 atom stereocenters. The molecule has 0 spiro atoms. The van der Waals surface area contributed by atoms with Gasteiger partial charge in [0.2, 0.25) is 0 Å². The van der Waals surface area contributed by atoms with E-state index in [0.717, 1.165) is 35.3 Å². The van der Waals surface area contributed by atoms with Crippen LogP contribution in [0.25, 0.3) is 11.0 Å². The normalized spacial score (nSPS) is 14.0. The van der Waals surface area contributed by atoms with Crippen molar-refractivity contribution in [3.8, 4) is 0 Å². The van der Waals surface area contributed by atoms with E-state index in [0.29, 0.717) is 12.5 Å². The summed E-state index contributed by atoms with van der Waals surface area (Å²) in [5, 5.41) is 4.37. The number of rotatable bonds is 3. The van der Waals surface area contributed by atoms with Crippen LogP contribution in [0.2, 0.25) is 0 Å². The third kappa shape index (κ3) is 3.95. The fraction of sp³-hybridized carbons (Fsp3) is 0.263. The zero-order valence-corrected chi connectivity index (χ0v) is 16.3. The summed E-state index contributed by atoms with van der Waals surface area (Å²) >= 11 is 0. The first-order chi connectivity index (χ1) is 11.8. The molecule has 0 amide bonds. The van der Waals surface area contributed by atoms with Gasteiger partial charge in [0.25, 0.3) is 0 Å². The SMILES string of the molecule is I.NC(=NCc1ccc2cc[nH]c2n1)Nc1cccc2c1CCCC2. The Morgan fingerprint density at radius 3 is 2.96 bits per heavy atom. The van der Waals surface area contributed by atoms with Crippen LogP contribution in [0.5, 0.6) is 0 Å². The number of aromatic nitrogens is 2. The van der Waals surface area contributed by atoms with Gasteiger partial charge in [0, 0.05) is 17.3 Å². The Morgan fingerprint density at radius 2 is 2.04 bits per heavy atom. The Labute approximate surface area is 164 Å². The number of H-pyrrole nitrogens is 1. The van der Waals surface area contributed by atoms with E-state index < -0.39 is 0 Å². The highest BCUT2D eigenvalue weighted by atomic mass is 127. The van der Waals surface area contributed by atoms with E-state index in [2.05, 4.69) is 38.5 Å². The van der Waals surface area contributed by atoms with Crippen molar-refractivity contribution in [2.75, 3.05) is 5.32 Å². The van der Waals surface area contributed by atoms with Crippen LogP contribution < -0.4 is 11.1 Å². The molecule has 6 heteroatoms. The van der Waals surface area contributed by atoms with Crippen LogP contribution in [0.1, 0.15) is 29.7 Å². The lowest BCUT2D eigenvalue weighted by molar-refractivity contribution is 0.687. The summed E-state index contributed by atoms with van der Waals surface area (Å²) in [6.07, 6.45) is 6.66. The van der Waals surface area contributed by atoms with Gasteiger partial charge in [-0.3, -0.25) is 0 Å². The summed E-state index contributed by atoms with van der Waals surface area (Å²) in [4.78, 5) is 12.1. The Bertz CT molecular complexity index is 900. The van der Waals surface area contributed by atoms with Crippen molar-refractivity contribution >= 4 is 46.7 Å². The van der Waals surface area contributed by atoms with Gasteiger partial charge < -0.3 is 16.0 Å². The second-order valence-electron chi connectivity index (χ2n) is 6.19. The molecule has 3 aromatic rings. The molecule has 0 saturated carbocycles. The molecular formula is C19H22IN5. The molecule has 0 fully saturated rings. The van der Waals surface area contributed by atoms with Crippen molar-refractivity contribution in [2.24, 2.45) is 10.7 Å². The van der Waals surface area contributed by atoms with Gasteiger partial charge in [0.1, 0.15) is 5.65 Å². The van der Waals surface area contributed by atoms with Gasteiger partial charge in [0.15, 0.2) is 5.96 Å². The number of nitrogens with two attached hydrogens (primary N) is 1. The smallest absolute Gasteiger partial charge is 0.193 e. The molecule has 1 aliphatic carbocycles. The van der Waals surface area contributed by atoms with E-state index in [1.54, 1.807) is 0 Å². The summed E-state index contributed by atoms with van der Waals surface area (Å²) < 4.78 is 0. The topological polar surface area (TPSA) is 79.1 Å². The van der Waals surface area contributed by atoms with E-state index in [9.17, 15) is 0 Å². The molecule has 2 heterocycles. The Balaban J connectivity index is 0.00000182. The summed E-state index contributed by atoms with van der Waals surface area (Å²) in [7, 11) is 0. The fourth-order valence-electron chi connectivity index (χ4n) is 3.30. The van der Waals surface area contributed by atoms with Gasteiger partial charge in [-0.25, -0.2) is 9.98 Å². The minimum absolute atomic E-state index is 0. The molecule has 0 bridgehead atoms. The van der Waals surface area contributed by atoms with E-state index in [1.165, 1.54) is 24.0 Å². The number of guanidine groups is 1. The maximum absolute atomic E-state index is 6.08. The highest BCUT2D eigenvalue weighted by molar-refractivity contribution is 14.0. The number of nitrogens with zero attached hydrogens (tertiary/aromatic N) is 2. The van der Waals surface area contributed by atoms with Crippen LogP contribution in [-0.4, -0.2) is 15.9 Å². The quantitative estimate of drug-likeness (QED) is 0.323. The molecule has 4 rings (SSSR count). The number of aliphatic imine (C=N–C) groups is 1. The number of fused-ring (bicyclic) bond motifs is 2. The summed E-state index contributed by atoms with van der Waals surface area (Å²) in [5.74, 6) is 0.433. The molecule has 130 valence electrons. The Morgan fingerprint density at radius 1 is 1.16 bits per heavy atom. The van der Waals surface area contributed by atoms with Crippen molar-refractivity contribution in [2.45, 2.75) is 32.2 Å². The zero-order valence-electron chi connectivity index (χ0n) is 14.0. The first kappa shape index (κ1) is 17.7. The van der Waals surface area contributed by atoms with Crippen LogP contribution in [0.3, 0.4) is 0 Å². The standard InChI is InChI=1S/C19H21N5.HI/c20-19(22-12-15-9-8-14-10-11-21-18(14)23-15)24-17-7-3-5-13-4-1-2-6-16(13)17;/h3,5,7-11H,1-2,4,6,12H2,(H,21,23)(H3,20,22,24);1H. The number of anilines is 1. The number of nitrogens with one attached hydrogen (secondary N) is 2. The number of aromatic amines is 1. The van der Waals surface area contributed by atoms with Crippen molar-refractivity contribution in [1.82, 2.24) is 9.97 Å². The van der Waals surface area contributed by atoms with Gasteiger partial charge >= 0.3 is 0 Å². The molecule has 0 radical (unpaired) electrons. The van der Waals surface area contributed by atoms with Crippen molar-refractivity contribution in [1.29, 1.82) is 0 Å². The van der Waals surface area contributed by atoms with Crippen molar-refractivity contribution < 1.29 is 0 Å². The third-order valence-corrected chi connectivity index (χ3v) is 4.54. The zero-order chi connectivity index (χ0) is 16.4. The molecule has 5 nitrogen and oxygen atoms in total.